The minimum atomic E-state index is -1.58. The van der Waals surface area contributed by atoms with Gasteiger partial charge < -0.3 is 45.1 Å². The number of hydrogen-bond acceptors (Lipinski definition) is 10. The molecule has 0 aromatic heterocycles. The van der Waals surface area contributed by atoms with Gasteiger partial charge in [-0.3, -0.25) is 9.59 Å². The number of rotatable bonds is 63. The second kappa shape index (κ2) is 64.4. The van der Waals surface area contributed by atoms with E-state index in [2.05, 4.69) is 92.1 Å². The molecule has 11 nitrogen and oxygen atoms in total. The van der Waals surface area contributed by atoms with Crippen LogP contribution in [-0.4, -0.2) is 100 Å². The van der Waals surface area contributed by atoms with Crippen LogP contribution in [0.5, 0.6) is 0 Å². The molecule has 0 radical (unpaired) electrons. The third-order valence-corrected chi connectivity index (χ3v) is 16.7. The molecule has 1 fully saturated rings. The molecule has 1 heterocycles. The van der Waals surface area contributed by atoms with Crippen LogP contribution < -0.4 is 5.32 Å². The summed E-state index contributed by atoms with van der Waals surface area (Å²) in [5, 5.41) is 54.3. The van der Waals surface area contributed by atoms with E-state index in [4.69, 9.17) is 14.2 Å². The standard InChI is InChI=1S/C76H135NO10/c1-3-5-7-9-11-13-15-16-41-44-48-52-56-60-64-72(81)85-65-61-57-53-49-45-42-39-37-35-33-31-29-27-25-23-21-19-17-18-20-22-24-26-28-30-32-34-36-38-40-43-47-51-55-59-63-71(80)77-68(67-86-76-75(84)74(83)73(82)70(66-78)87-76)69(79)62-58-54-50-46-14-12-10-8-6-4-2/h6,8-9,11,14-16,19,21,25,27,46,58,62,68-70,73-76,78-79,82-84H,3-5,7,10,12-13,17-18,20,22-24,26,28-45,47-57,59-61,63-67H2,1-2H3,(H,77,80)/b8-6+,11-9-,16-15-,21-19-,27-25-,46-14+,62-58+. The van der Waals surface area contributed by atoms with Crippen molar-refractivity contribution in [1.29, 1.82) is 0 Å². The number of nitrogens with one attached hydrogen (secondary N) is 1. The van der Waals surface area contributed by atoms with Crippen LogP contribution in [-0.2, 0) is 23.8 Å². The first kappa shape index (κ1) is 81.9. The molecule has 0 aromatic rings. The van der Waals surface area contributed by atoms with E-state index in [-0.39, 0.29) is 18.5 Å². The van der Waals surface area contributed by atoms with E-state index in [1.165, 1.54) is 212 Å². The molecular weight excluding hydrogens is 1090 g/mol. The van der Waals surface area contributed by atoms with Gasteiger partial charge >= 0.3 is 5.97 Å². The van der Waals surface area contributed by atoms with E-state index in [1.54, 1.807) is 6.08 Å². The first-order valence-corrected chi connectivity index (χ1v) is 36.4. The Hall–Kier alpha value is -3.16. The van der Waals surface area contributed by atoms with Gasteiger partial charge in [-0.25, -0.2) is 0 Å². The predicted molar refractivity (Wildman–Crippen MR) is 366 cm³/mol. The van der Waals surface area contributed by atoms with Crippen molar-refractivity contribution in [2.24, 2.45) is 0 Å². The number of hydrogen-bond donors (Lipinski definition) is 6. The number of allylic oxidation sites excluding steroid dienone is 13. The number of aliphatic hydroxyl groups is 5. The van der Waals surface area contributed by atoms with Crippen molar-refractivity contribution in [3.8, 4) is 0 Å². The number of esters is 1. The van der Waals surface area contributed by atoms with E-state index in [9.17, 15) is 35.1 Å². The van der Waals surface area contributed by atoms with Crippen LogP contribution in [0.1, 0.15) is 322 Å². The van der Waals surface area contributed by atoms with Crippen LogP contribution >= 0.6 is 0 Å². The maximum absolute atomic E-state index is 13.0. The molecule has 1 aliphatic heterocycles. The maximum Gasteiger partial charge on any atom is 0.305 e. The van der Waals surface area contributed by atoms with Crippen LogP contribution in [0.15, 0.2) is 85.1 Å². The summed E-state index contributed by atoms with van der Waals surface area (Å²) in [6, 6.07) is -0.833. The molecule has 87 heavy (non-hydrogen) atoms. The normalized spacial score (nSPS) is 18.4. The average Bonchev–Trinajstić information content (AvgIpc) is 2.25. The zero-order chi connectivity index (χ0) is 63.0. The molecule has 1 amide bonds. The van der Waals surface area contributed by atoms with Crippen molar-refractivity contribution in [3.05, 3.63) is 85.1 Å². The van der Waals surface area contributed by atoms with Gasteiger partial charge in [-0.1, -0.05) is 285 Å². The molecule has 504 valence electrons. The molecule has 1 rings (SSSR count). The third-order valence-electron chi connectivity index (χ3n) is 16.7. The molecule has 6 N–H and O–H groups in total. The molecule has 1 saturated heterocycles. The summed E-state index contributed by atoms with van der Waals surface area (Å²) in [4.78, 5) is 25.1. The number of aliphatic hydroxyl groups excluding tert-OH is 5. The van der Waals surface area contributed by atoms with Crippen molar-refractivity contribution in [2.45, 2.75) is 365 Å². The highest BCUT2D eigenvalue weighted by Gasteiger charge is 2.44. The molecule has 7 unspecified atom stereocenters. The first-order chi connectivity index (χ1) is 42.7. The Balaban J connectivity index is 1.92. The topological polar surface area (TPSA) is 175 Å². The number of carbonyl (C=O) groups is 2. The van der Waals surface area contributed by atoms with Crippen molar-refractivity contribution in [1.82, 2.24) is 5.32 Å². The van der Waals surface area contributed by atoms with Crippen LogP contribution in [0.25, 0.3) is 0 Å². The van der Waals surface area contributed by atoms with Gasteiger partial charge in [0.25, 0.3) is 0 Å². The van der Waals surface area contributed by atoms with Crippen LogP contribution in [0.3, 0.4) is 0 Å². The Labute approximate surface area is 533 Å². The van der Waals surface area contributed by atoms with E-state index >= 15 is 0 Å². The molecule has 0 aliphatic carbocycles. The minimum absolute atomic E-state index is 0.00558. The summed E-state index contributed by atoms with van der Waals surface area (Å²) in [5.74, 6) is -0.202. The largest absolute Gasteiger partial charge is 0.466 e. The van der Waals surface area contributed by atoms with E-state index in [0.29, 0.717) is 19.4 Å². The number of unbranched alkanes of at least 4 members (excludes halogenated alkanes) is 37. The Kier molecular flexibility index (Phi) is 60.6. The molecule has 1 aliphatic rings. The summed E-state index contributed by atoms with van der Waals surface area (Å²) >= 11 is 0. The molecule has 0 spiro atoms. The van der Waals surface area contributed by atoms with Gasteiger partial charge in [0.1, 0.15) is 24.4 Å². The quantitative estimate of drug-likeness (QED) is 0.0195. The summed E-state index contributed by atoms with van der Waals surface area (Å²) < 4.78 is 16.7. The van der Waals surface area contributed by atoms with E-state index in [0.717, 1.165) is 83.5 Å². The molecule has 0 saturated carbocycles. The van der Waals surface area contributed by atoms with E-state index in [1.807, 2.05) is 6.08 Å². The summed E-state index contributed by atoms with van der Waals surface area (Å²) in [5.41, 5.74) is 0. The van der Waals surface area contributed by atoms with Crippen molar-refractivity contribution >= 4 is 11.9 Å². The molecule has 0 aromatic carbocycles. The van der Waals surface area contributed by atoms with Crippen LogP contribution in [0, 0.1) is 0 Å². The van der Waals surface area contributed by atoms with Gasteiger partial charge in [0, 0.05) is 12.8 Å². The lowest BCUT2D eigenvalue weighted by Crippen LogP contribution is -2.60. The van der Waals surface area contributed by atoms with Crippen molar-refractivity contribution < 1.29 is 49.3 Å². The lowest BCUT2D eigenvalue weighted by molar-refractivity contribution is -0.302. The Morgan fingerprint density at radius 2 is 0.816 bits per heavy atom. The van der Waals surface area contributed by atoms with Gasteiger partial charge in [-0.2, -0.15) is 0 Å². The lowest BCUT2D eigenvalue weighted by Gasteiger charge is -2.40. The highest BCUT2D eigenvalue weighted by molar-refractivity contribution is 5.76. The van der Waals surface area contributed by atoms with Crippen LogP contribution in [0.4, 0.5) is 0 Å². The number of carbonyl (C=O) groups excluding carboxylic acids is 2. The predicted octanol–water partition coefficient (Wildman–Crippen LogP) is 18.8. The summed E-state index contributed by atoms with van der Waals surface area (Å²) in [7, 11) is 0. The Morgan fingerprint density at radius 3 is 1.25 bits per heavy atom. The fourth-order valence-electron chi connectivity index (χ4n) is 11.0. The second-order valence-corrected chi connectivity index (χ2v) is 24.9. The number of ether oxygens (including phenoxy) is 3. The summed E-state index contributed by atoms with van der Waals surface area (Å²) in [6.07, 6.45) is 79.0. The minimum Gasteiger partial charge on any atom is -0.466 e. The van der Waals surface area contributed by atoms with Crippen LogP contribution in [0.2, 0.25) is 0 Å². The zero-order valence-electron chi connectivity index (χ0n) is 56.0. The average molecular weight is 1220 g/mol. The molecule has 0 bridgehead atoms. The van der Waals surface area contributed by atoms with Gasteiger partial charge in [0.15, 0.2) is 6.29 Å². The van der Waals surface area contributed by atoms with Gasteiger partial charge in [-0.05, 0) is 109 Å². The fraction of sp³-hybridized carbons (Fsp3) is 0.789. The fourth-order valence-corrected chi connectivity index (χ4v) is 11.0. The van der Waals surface area contributed by atoms with Crippen molar-refractivity contribution in [2.75, 3.05) is 19.8 Å². The Morgan fingerprint density at radius 1 is 0.437 bits per heavy atom. The zero-order valence-corrected chi connectivity index (χ0v) is 56.0. The SMILES string of the molecule is CC/C=C/CC/C=C/CC/C=C/C(O)C(COC1OC(CO)C(O)C(O)C1O)NC(=O)CCCCCCCCCCCCCCCCCCC/C=C\C/C=C\CCCCCCCCCCCCCOC(=O)CCCCCCC/C=C\C/C=C\CCCC. The lowest BCUT2D eigenvalue weighted by atomic mass is 9.99. The highest BCUT2D eigenvalue weighted by Crippen LogP contribution is 2.23. The highest BCUT2D eigenvalue weighted by atomic mass is 16.7. The molecule has 11 heteroatoms. The number of amides is 1. The van der Waals surface area contributed by atoms with Crippen molar-refractivity contribution in [3.63, 3.8) is 0 Å². The summed E-state index contributed by atoms with van der Waals surface area (Å²) in [6.45, 7) is 4.17. The molecular formula is C76H135NO10. The monoisotopic (exact) mass is 1220 g/mol. The second-order valence-electron chi connectivity index (χ2n) is 24.9. The Bertz CT molecular complexity index is 1720. The third kappa shape index (κ3) is 53.2. The molecule has 7 atom stereocenters. The van der Waals surface area contributed by atoms with Gasteiger partial charge in [0.2, 0.25) is 5.91 Å². The maximum atomic E-state index is 13.0. The van der Waals surface area contributed by atoms with E-state index < -0.39 is 49.5 Å². The smallest absolute Gasteiger partial charge is 0.305 e. The van der Waals surface area contributed by atoms with Gasteiger partial charge in [0.05, 0.1) is 32.0 Å². The first-order valence-electron chi connectivity index (χ1n) is 36.4. The van der Waals surface area contributed by atoms with Gasteiger partial charge in [-0.15, -0.1) is 0 Å².